The van der Waals surface area contributed by atoms with E-state index in [1.165, 1.54) is 5.56 Å². The van der Waals surface area contributed by atoms with Crippen molar-refractivity contribution in [2.24, 2.45) is 0 Å². The van der Waals surface area contributed by atoms with Crippen LogP contribution in [-0.4, -0.2) is 30.5 Å². The summed E-state index contributed by atoms with van der Waals surface area (Å²) >= 11 is 0. The number of ether oxygens (including phenoxy) is 1. The lowest BCUT2D eigenvalue weighted by molar-refractivity contribution is 0.179. The first-order chi connectivity index (χ1) is 9.65. The van der Waals surface area contributed by atoms with Crippen molar-refractivity contribution in [2.75, 3.05) is 26.4 Å². The molecule has 1 aromatic carbocycles. The number of aromatic nitrogens is 1. The van der Waals surface area contributed by atoms with Crippen molar-refractivity contribution < 1.29 is 4.74 Å². The van der Waals surface area contributed by atoms with Crippen molar-refractivity contribution >= 4 is 5.82 Å². The Labute approximate surface area is 120 Å². The molecule has 20 heavy (non-hydrogen) atoms. The van der Waals surface area contributed by atoms with Crippen LogP contribution in [0.1, 0.15) is 18.1 Å². The van der Waals surface area contributed by atoms with E-state index in [0.29, 0.717) is 5.82 Å². The zero-order valence-electron chi connectivity index (χ0n) is 12.0. The van der Waals surface area contributed by atoms with Crippen molar-refractivity contribution in [3.8, 4) is 5.75 Å². The van der Waals surface area contributed by atoms with Crippen LogP contribution in [0, 0.1) is 0 Å². The summed E-state index contributed by atoms with van der Waals surface area (Å²) in [7, 11) is 4.12. The van der Waals surface area contributed by atoms with Gasteiger partial charge in [-0.25, -0.2) is 4.98 Å². The van der Waals surface area contributed by atoms with Gasteiger partial charge in [-0.2, -0.15) is 0 Å². The third-order valence-corrected chi connectivity index (χ3v) is 3.05. The molecule has 4 nitrogen and oxygen atoms in total. The predicted octanol–water partition coefficient (Wildman–Crippen LogP) is 2.74. The summed E-state index contributed by atoms with van der Waals surface area (Å²) in [4.78, 5) is 6.22. The van der Waals surface area contributed by atoms with E-state index in [2.05, 4.69) is 36.1 Å². The Morgan fingerprint density at radius 1 is 1.15 bits per heavy atom. The maximum Gasteiger partial charge on any atom is 0.138 e. The Morgan fingerprint density at radius 3 is 2.50 bits per heavy atom. The molecule has 1 unspecified atom stereocenters. The molecule has 106 valence electrons. The van der Waals surface area contributed by atoms with Crippen LogP contribution >= 0.6 is 0 Å². The normalized spacial score (nSPS) is 12.3. The second kappa shape index (κ2) is 6.91. The van der Waals surface area contributed by atoms with E-state index in [0.717, 1.165) is 18.7 Å². The van der Waals surface area contributed by atoms with E-state index in [4.69, 9.17) is 10.5 Å². The van der Waals surface area contributed by atoms with Gasteiger partial charge in [0.1, 0.15) is 17.7 Å². The van der Waals surface area contributed by atoms with Crippen LogP contribution in [0.5, 0.6) is 5.75 Å². The van der Waals surface area contributed by atoms with Crippen molar-refractivity contribution in [3.63, 3.8) is 0 Å². The van der Waals surface area contributed by atoms with Gasteiger partial charge in [0.2, 0.25) is 0 Å². The fraction of sp³-hybridized carbons (Fsp3) is 0.312. The molecule has 0 radical (unpaired) electrons. The molecule has 4 heteroatoms. The molecule has 2 rings (SSSR count). The highest BCUT2D eigenvalue weighted by atomic mass is 16.5. The van der Waals surface area contributed by atoms with E-state index in [1.807, 2.05) is 24.3 Å². The van der Waals surface area contributed by atoms with Gasteiger partial charge in [-0.15, -0.1) is 0 Å². The summed E-state index contributed by atoms with van der Waals surface area (Å²) in [5.74, 6) is 1.24. The SMILES string of the molecule is CN(C)CCC(Oc1ccc(N)nc1)c1ccccc1. The Hall–Kier alpha value is -2.07. The fourth-order valence-corrected chi connectivity index (χ4v) is 1.96. The van der Waals surface area contributed by atoms with Gasteiger partial charge >= 0.3 is 0 Å². The van der Waals surface area contributed by atoms with Crippen molar-refractivity contribution in [1.29, 1.82) is 0 Å². The molecule has 0 aliphatic carbocycles. The molecular formula is C16H21N3O. The number of pyridine rings is 1. The zero-order chi connectivity index (χ0) is 14.4. The molecule has 1 aromatic heterocycles. The lowest BCUT2D eigenvalue weighted by atomic mass is 10.1. The first-order valence-electron chi connectivity index (χ1n) is 6.73. The van der Waals surface area contributed by atoms with Crippen molar-refractivity contribution in [2.45, 2.75) is 12.5 Å². The predicted molar refractivity (Wildman–Crippen MR) is 81.6 cm³/mol. The van der Waals surface area contributed by atoms with Gasteiger partial charge < -0.3 is 15.4 Å². The molecule has 0 amide bonds. The van der Waals surface area contributed by atoms with Gasteiger partial charge in [-0.3, -0.25) is 0 Å². The Bertz CT molecular complexity index is 511. The third kappa shape index (κ3) is 4.24. The lowest BCUT2D eigenvalue weighted by Gasteiger charge is -2.21. The largest absolute Gasteiger partial charge is 0.484 e. The van der Waals surface area contributed by atoms with E-state index >= 15 is 0 Å². The molecule has 0 saturated carbocycles. The number of hydrogen-bond donors (Lipinski definition) is 1. The van der Waals surface area contributed by atoms with E-state index < -0.39 is 0 Å². The zero-order valence-corrected chi connectivity index (χ0v) is 12.0. The number of nitrogens with zero attached hydrogens (tertiary/aromatic N) is 2. The molecule has 2 aromatic rings. The topological polar surface area (TPSA) is 51.4 Å². The van der Waals surface area contributed by atoms with Crippen LogP contribution in [-0.2, 0) is 0 Å². The van der Waals surface area contributed by atoms with Crippen molar-refractivity contribution in [3.05, 3.63) is 54.2 Å². The van der Waals surface area contributed by atoms with E-state index in [9.17, 15) is 0 Å². The lowest BCUT2D eigenvalue weighted by Crippen LogP contribution is -2.18. The Morgan fingerprint density at radius 2 is 1.90 bits per heavy atom. The van der Waals surface area contributed by atoms with Gasteiger partial charge in [-0.05, 0) is 31.8 Å². The molecular weight excluding hydrogens is 250 g/mol. The number of anilines is 1. The van der Waals surface area contributed by atoms with Crippen LogP contribution in [0.15, 0.2) is 48.7 Å². The van der Waals surface area contributed by atoms with Crippen LogP contribution in [0.4, 0.5) is 5.82 Å². The number of nitrogen functional groups attached to an aromatic ring is 1. The molecule has 0 spiro atoms. The van der Waals surface area contributed by atoms with Crippen LogP contribution in [0.2, 0.25) is 0 Å². The summed E-state index contributed by atoms with van der Waals surface area (Å²) in [5.41, 5.74) is 6.77. The quantitative estimate of drug-likeness (QED) is 0.877. The molecule has 2 N–H and O–H groups in total. The number of hydrogen-bond acceptors (Lipinski definition) is 4. The van der Waals surface area contributed by atoms with E-state index in [-0.39, 0.29) is 6.10 Å². The Balaban J connectivity index is 2.12. The summed E-state index contributed by atoms with van der Waals surface area (Å²) in [5, 5.41) is 0. The molecule has 0 aliphatic rings. The molecule has 0 aliphatic heterocycles. The molecule has 0 bridgehead atoms. The summed E-state index contributed by atoms with van der Waals surface area (Å²) in [6.45, 7) is 0.960. The fourth-order valence-electron chi connectivity index (χ4n) is 1.96. The number of nitrogens with two attached hydrogens (primary N) is 1. The van der Waals surface area contributed by atoms with Crippen LogP contribution in [0.25, 0.3) is 0 Å². The standard InChI is InChI=1S/C16H21N3O/c1-19(2)11-10-15(13-6-4-3-5-7-13)20-14-8-9-16(17)18-12-14/h3-9,12,15H,10-11H2,1-2H3,(H2,17,18). The van der Waals surface area contributed by atoms with Crippen LogP contribution in [0.3, 0.4) is 0 Å². The smallest absolute Gasteiger partial charge is 0.138 e. The highest BCUT2D eigenvalue weighted by molar-refractivity contribution is 5.32. The summed E-state index contributed by atoms with van der Waals surface area (Å²) in [6.07, 6.45) is 2.60. The second-order valence-electron chi connectivity index (χ2n) is 5.03. The first-order valence-corrected chi connectivity index (χ1v) is 6.73. The minimum atomic E-state index is 0.0176. The van der Waals surface area contributed by atoms with Gasteiger partial charge in [-0.1, -0.05) is 30.3 Å². The van der Waals surface area contributed by atoms with Gasteiger partial charge in [0, 0.05) is 13.0 Å². The number of rotatable bonds is 6. The van der Waals surface area contributed by atoms with Gasteiger partial charge in [0.15, 0.2) is 0 Å². The minimum absolute atomic E-state index is 0.0176. The molecule has 0 fully saturated rings. The van der Waals surface area contributed by atoms with Gasteiger partial charge in [0.25, 0.3) is 0 Å². The van der Waals surface area contributed by atoms with Crippen molar-refractivity contribution in [1.82, 2.24) is 9.88 Å². The summed E-state index contributed by atoms with van der Waals surface area (Å²) in [6, 6.07) is 13.9. The van der Waals surface area contributed by atoms with Crippen LogP contribution < -0.4 is 10.5 Å². The maximum absolute atomic E-state index is 6.06. The average molecular weight is 271 g/mol. The Kier molecular flexibility index (Phi) is 4.96. The number of benzene rings is 1. The molecule has 1 atom stereocenters. The summed E-state index contributed by atoms with van der Waals surface area (Å²) < 4.78 is 6.06. The maximum atomic E-state index is 6.06. The van der Waals surface area contributed by atoms with Gasteiger partial charge in [0.05, 0.1) is 6.20 Å². The molecule has 1 heterocycles. The monoisotopic (exact) mass is 271 g/mol. The molecule has 0 saturated heterocycles. The van der Waals surface area contributed by atoms with E-state index in [1.54, 1.807) is 12.3 Å². The first kappa shape index (κ1) is 14.3. The second-order valence-corrected chi connectivity index (χ2v) is 5.03. The third-order valence-electron chi connectivity index (χ3n) is 3.05. The average Bonchev–Trinajstić information content (AvgIpc) is 2.46. The minimum Gasteiger partial charge on any atom is -0.484 e. The highest BCUT2D eigenvalue weighted by Crippen LogP contribution is 2.24. The highest BCUT2D eigenvalue weighted by Gasteiger charge is 2.13.